The average molecular weight is 497 g/mol. The Morgan fingerprint density at radius 2 is 1.94 bits per heavy atom. The van der Waals surface area contributed by atoms with Crippen LogP contribution in [-0.4, -0.2) is 41.4 Å². The molecule has 2 fully saturated rings. The number of carbonyl (C=O) groups excluding carboxylic acids is 4. The van der Waals surface area contributed by atoms with E-state index >= 15 is 0 Å². The van der Waals surface area contributed by atoms with Gasteiger partial charge in [0.15, 0.2) is 11.5 Å². The van der Waals surface area contributed by atoms with Crippen molar-refractivity contribution in [2.24, 2.45) is 17.6 Å². The van der Waals surface area contributed by atoms with Crippen molar-refractivity contribution in [2.75, 3.05) is 12.1 Å². The number of nitrogens with two attached hydrogens (primary N) is 1. The summed E-state index contributed by atoms with van der Waals surface area (Å²) in [6.45, 7) is 1.86. The second-order valence-electron chi connectivity index (χ2n) is 9.23. The van der Waals surface area contributed by atoms with Gasteiger partial charge in [-0.15, -0.1) is 0 Å². The van der Waals surface area contributed by atoms with E-state index in [1.165, 1.54) is 0 Å². The number of likely N-dealkylation sites (tertiary alicyclic amines) is 1. The lowest BCUT2D eigenvalue weighted by molar-refractivity contribution is -0.143. The lowest BCUT2D eigenvalue weighted by atomic mass is 9.76. The van der Waals surface area contributed by atoms with Crippen LogP contribution in [-0.2, 0) is 31.3 Å². The number of amides is 4. The molecule has 10 nitrogen and oxygen atoms in total. The lowest BCUT2D eigenvalue weighted by Crippen LogP contribution is -2.53. The third-order valence-electron chi connectivity index (χ3n) is 7.37. The molecule has 4 unspecified atom stereocenters. The van der Waals surface area contributed by atoms with Crippen molar-refractivity contribution in [3.05, 3.63) is 52.0 Å². The van der Waals surface area contributed by atoms with Crippen LogP contribution in [0.1, 0.15) is 23.1 Å². The highest BCUT2D eigenvalue weighted by Gasteiger charge is 2.70. The number of nitrogens with zero attached hydrogens (tertiary/aromatic N) is 1. The molecule has 0 saturated carbocycles. The minimum Gasteiger partial charge on any atom is -0.454 e. The van der Waals surface area contributed by atoms with Gasteiger partial charge in [0.2, 0.25) is 30.4 Å². The number of hydrogen-bond donors (Lipinski definition) is 3. The summed E-state index contributed by atoms with van der Waals surface area (Å²) in [5, 5.41) is 6.47. The van der Waals surface area contributed by atoms with E-state index in [0.717, 1.165) is 4.90 Å². The summed E-state index contributed by atoms with van der Waals surface area (Å²) in [5.41, 5.74) is 6.30. The van der Waals surface area contributed by atoms with Crippen LogP contribution in [0.3, 0.4) is 0 Å². The van der Waals surface area contributed by atoms with Crippen LogP contribution in [0.4, 0.5) is 5.69 Å². The Morgan fingerprint density at radius 1 is 1.17 bits per heavy atom. The smallest absolute Gasteiger partial charge is 0.250 e. The number of imide groups is 1. The number of fused-ring (bicyclic) bond motifs is 5. The summed E-state index contributed by atoms with van der Waals surface area (Å²) in [5.74, 6) is -2.92. The van der Waals surface area contributed by atoms with Crippen LogP contribution < -0.4 is 25.8 Å². The number of nitrogens with one attached hydrogen (secondary N) is 2. The molecule has 4 N–H and O–H groups in total. The van der Waals surface area contributed by atoms with Gasteiger partial charge in [0, 0.05) is 23.0 Å². The van der Waals surface area contributed by atoms with Crippen molar-refractivity contribution < 1.29 is 28.7 Å². The van der Waals surface area contributed by atoms with Gasteiger partial charge in [-0.3, -0.25) is 29.4 Å². The van der Waals surface area contributed by atoms with Crippen molar-refractivity contribution in [3.63, 3.8) is 0 Å². The normalized spacial score (nSPS) is 28.0. The standard InChI is InChI=1S/C24H21ClN4O6/c1-10-13(25)4-3-12-20(10)27-23(33)24(12)19-18(14(28-24)7-17(26)30)21(31)29(22(19)32)8-11-2-5-15-16(6-11)35-9-34-15/h2-6,14,18-19,28H,7-9H2,1H3,(H2,26,30)(H,27,33). The van der Waals surface area contributed by atoms with Gasteiger partial charge >= 0.3 is 0 Å². The molecule has 4 heterocycles. The number of benzene rings is 2. The van der Waals surface area contributed by atoms with E-state index in [2.05, 4.69) is 10.6 Å². The first kappa shape index (κ1) is 21.9. The minimum atomic E-state index is -1.52. The monoisotopic (exact) mass is 496 g/mol. The molecule has 0 bridgehead atoms. The fourth-order valence-electron chi connectivity index (χ4n) is 5.82. The van der Waals surface area contributed by atoms with E-state index in [-0.39, 0.29) is 19.8 Å². The van der Waals surface area contributed by atoms with Crippen molar-refractivity contribution >= 4 is 40.9 Å². The topological polar surface area (TPSA) is 140 Å². The molecule has 35 heavy (non-hydrogen) atoms. The third-order valence-corrected chi connectivity index (χ3v) is 7.78. The zero-order valence-corrected chi connectivity index (χ0v) is 19.3. The number of primary amides is 1. The second-order valence-corrected chi connectivity index (χ2v) is 9.64. The quantitative estimate of drug-likeness (QED) is 0.540. The molecule has 2 aromatic carbocycles. The maximum absolute atomic E-state index is 13.8. The SMILES string of the molecule is Cc1c(Cl)ccc2c1NC(=O)C21NC(CC(N)=O)C2C(=O)N(Cc3ccc4c(c3)OCO4)C(=O)C21. The van der Waals surface area contributed by atoms with Crippen molar-refractivity contribution in [3.8, 4) is 11.5 Å². The number of carbonyl (C=O) groups is 4. The van der Waals surface area contributed by atoms with E-state index in [1.807, 2.05) is 0 Å². The number of anilines is 1. The molecule has 0 radical (unpaired) electrons. The molecule has 4 amide bonds. The molecule has 6 rings (SSSR count). The molecule has 4 aliphatic rings. The molecular weight excluding hydrogens is 476 g/mol. The first-order chi connectivity index (χ1) is 16.7. The molecule has 1 spiro atoms. The Hall–Kier alpha value is -3.63. The Kier molecular flexibility index (Phi) is 4.64. The van der Waals surface area contributed by atoms with Gasteiger partial charge in [0.25, 0.3) is 0 Å². The fourth-order valence-corrected chi connectivity index (χ4v) is 5.98. The van der Waals surface area contributed by atoms with Gasteiger partial charge in [-0.25, -0.2) is 0 Å². The summed E-state index contributed by atoms with van der Waals surface area (Å²) < 4.78 is 10.7. The molecule has 2 saturated heterocycles. The maximum Gasteiger partial charge on any atom is 0.250 e. The van der Waals surface area contributed by atoms with E-state index < -0.39 is 47.0 Å². The van der Waals surface area contributed by atoms with E-state index in [4.69, 9.17) is 26.8 Å². The molecule has 0 aromatic heterocycles. The summed E-state index contributed by atoms with van der Waals surface area (Å²) in [7, 11) is 0. The van der Waals surface area contributed by atoms with Crippen LogP contribution in [0.15, 0.2) is 30.3 Å². The Balaban J connectivity index is 1.43. The third kappa shape index (κ3) is 2.93. The predicted molar refractivity (Wildman–Crippen MR) is 122 cm³/mol. The fraction of sp³-hybridized carbons (Fsp3) is 0.333. The first-order valence-electron chi connectivity index (χ1n) is 11.1. The van der Waals surface area contributed by atoms with Crippen molar-refractivity contribution in [2.45, 2.75) is 31.5 Å². The summed E-state index contributed by atoms with van der Waals surface area (Å²) in [6, 6.07) is 7.73. The van der Waals surface area contributed by atoms with Gasteiger partial charge in [0.05, 0.1) is 24.1 Å². The van der Waals surface area contributed by atoms with Gasteiger partial charge < -0.3 is 20.5 Å². The van der Waals surface area contributed by atoms with E-state index in [9.17, 15) is 19.2 Å². The molecular formula is C24H21ClN4O6. The summed E-state index contributed by atoms with van der Waals surface area (Å²) in [4.78, 5) is 53.9. The summed E-state index contributed by atoms with van der Waals surface area (Å²) in [6.07, 6.45) is -0.199. The van der Waals surface area contributed by atoms with Crippen LogP contribution in [0.25, 0.3) is 0 Å². The van der Waals surface area contributed by atoms with E-state index in [0.29, 0.717) is 38.9 Å². The average Bonchev–Trinajstić information content (AvgIpc) is 3.53. The summed E-state index contributed by atoms with van der Waals surface area (Å²) >= 11 is 6.27. The van der Waals surface area contributed by atoms with E-state index in [1.54, 1.807) is 37.3 Å². The van der Waals surface area contributed by atoms with Crippen LogP contribution in [0.5, 0.6) is 11.5 Å². The predicted octanol–water partition coefficient (Wildman–Crippen LogP) is 1.17. The zero-order chi connectivity index (χ0) is 24.6. The molecule has 0 aliphatic carbocycles. The molecule has 4 aliphatic heterocycles. The number of hydrogen-bond acceptors (Lipinski definition) is 7. The highest BCUT2D eigenvalue weighted by molar-refractivity contribution is 6.32. The van der Waals surface area contributed by atoms with Gasteiger partial charge in [0.1, 0.15) is 5.54 Å². The number of ether oxygens (including phenoxy) is 2. The van der Waals surface area contributed by atoms with Crippen LogP contribution in [0, 0.1) is 18.8 Å². The van der Waals surface area contributed by atoms with Gasteiger partial charge in [-0.1, -0.05) is 23.7 Å². The highest BCUT2D eigenvalue weighted by atomic mass is 35.5. The van der Waals surface area contributed by atoms with Crippen molar-refractivity contribution in [1.82, 2.24) is 10.2 Å². The Bertz CT molecular complexity index is 1350. The Labute approximate surface area is 204 Å². The second kappa shape index (κ2) is 7.43. The van der Waals surface area contributed by atoms with Gasteiger partial charge in [-0.2, -0.15) is 0 Å². The maximum atomic E-state index is 13.8. The lowest BCUT2D eigenvalue weighted by Gasteiger charge is -2.29. The molecule has 4 atom stereocenters. The highest BCUT2D eigenvalue weighted by Crippen LogP contribution is 2.54. The minimum absolute atomic E-state index is 0.00516. The van der Waals surface area contributed by atoms with Crippen LogP contribution >= 0.6 is 11.6 Å². The van der Waals surface area contributed by atoms with Crippen molar-refractivity contribution in [1.29, 1.82) is 0 Å². The van der Waals surface area contributed by atoms with Crippen LogP contribution in [0.2, 0.25) is 5.02 Å². The number of rotatable bonds is 4. The largest absolute Gasteiger partial charge is 0.454 e. The molecule has 180 valence electrons. The molecule has 11 heteroatoms. The first-order valence-corrected chi connectivity index (χ1v) is 11.5. The number of halogens is 1. The van der Waals surface area contributed by atoms with Gasteiger partial charge in [-0.05, 0) is 36.2 Å². The Morgan fingerprint density at radius 3 is 2.71 bits per heavy atom. The molecule has 2 aromatic rings. The zero-order valence-electron chi connectivity index (χ0n) is 18.6.